The predicted molar refractivity (Wildman–Crippen MR) is 67.4 cm³/mol. The second kappa shape index (κ2) is 5.71. The zero-order valence-corrected chi connectivity index (χ0v) is 11.4. The second-order valence-corrected chi connectivity index (χ2v) is 4.72. The highest BCUT2D eigenvalue weighted by atomic mass is 19.4. The Labute approximate surface area is 119 Å². The van der Waals surface area contributed by atoms with Crippen molar-refractivity contribution in [1.82, 2.24) is 14.8 Å². The smallest absolute Gasteiger partial charge is 0.339 e. The third kappa shape index (κ3) is 3.32. The van der Waals surface area contributed by atoms with Crippen LogP contribution < -0.4 is 0 Å². The summed E-state index contributed by atoms with van der Waals surface area (Å²) in [4.78, 5) is 29.7. The number of amides is 2. The van der Waals surface area contributed by atoms with Crippen molar-refractivity contribution < 1.29 is 22.8 Å². The molecule has 2 rings (SSSR count). The molecule has 1 fully saturated rings. The Balaban J connectivity index is 2.17. The maximum atomic E-state index is 12.9. The molecular weight excluding hydrogens is 287 g/mol. The molecule has 1 aliphatic rings. The lowest BCUT2D eigenvalue weighted by Gasteiger charge is -2.34. The van der Waals surface area contributed by atoms with Crippen molar-refractivity contribution in [2.75, 3.05) is 26.2 Å². The third-order valence-electron chi connectivity index (χ3n) is 3.37. The molecule has 0 bridgehead atoms. The van der Waals surface area contributed by atoms with Crippen LogP contribution in [-0.2, 0) is 11.0 Å². The highest BCUT2D eigenvalue weighted by Gasteiger charge is 2.37. The Morgan fingerprint density at radius 2 is 1.71 bits per heavy atom. The fourth-order valence-corrected chi connectivity index (χ4v) is 2.20. The van der Waals surface area contributed by atoms with Crippen molar-refractivity contribution in [3.05, 3.63) is 29.6 Å². The van der Waals surface area contributed by atoms with E-state index >= 15 is 0 Å². The van der Waals surface area contributed by atoms with Crippen LogP contribution in [0.2, 0.25) is 0 Å². The molecule has 2 amide bonds. The number of hydrogen-bond donors (Lipinski definition) is 0. The number of halogens is 3. The minimum Gasteiger partial charge on any atom is -0.339 e. The number of aromatic nitrogens is 1. The molecule has 0 N–H and O–H groups in total. The standard InChI is InChI=1S/C13H14F3N3O2/c1-9(20)18-4-6-19(7-5-18)12(21)10-2-3-17-8-11(10)13(14,15)16/h2-3,8H,4-7H2,1H3. The van der Waals surface area contributed by atoms with Gasteiger partial charge in [-0.1, -0.05) is 0 Å². The van der Waals surface area contributed by atoms with Gasteiger partial charge in [0, 0.05) is 45.5 Å². The molecule has 1 aromatic rings. The van der Waals surface area contributed by atoms with Gasteiger partial charge >= 0.3 is 6.18 Å². The van der Waals surface area contributed by atoms with Crippen LogP contribution in [-0.4, -0.2) is 52.8 Å². The van der Waals surface area contributed by atoms with E-state index in [1.54, 1.807) is 4.90 Å². The first-order chi connectivity index (χ1) is 9.80. The molecule has 0 saturated carbocycles. The molecule has 8 heteroatoms. The molecule has 21 heavy (non-hydrogen) atoms. The topological polar surface area (TPSA) is 53.5 Å². The summed E-state index contributed by atoms with van der Waals surface area (Å²) in [5.74, 6) is -0.796. The van der Waals surface area contributed by atoms with Gasteiger partial charge < -0.3 is 9.80 Å². The van der Waals surface area contributed by atoms with Gasteiger partial charge in [0.1, 0.15) is 0 Å². The Morgan fingerprint density at radius 1 is 1.14 bits per heavy atom. The highest BCUT2D eigenvalue weighted by Crippen LogP contribution is 2.31. The Bertz CT molecular complexity index is 552. The SMILES string of the molecule is CC(=O)N1CCN(C(=O)c2ccncc2C(F)(F)F)CC1. The van der Waals surface area contributed by atoms with Gasteiger partial charge in [-0.2, -0.15) is 13.2 Å². The zero-order valence-electron chi connectivity index (χ0n) is 11.4. The number of piperazine rings is 1. The van der Waals surface area contributed by atoms with Crippen molar-refractivity contribution in [2.24, 2.45) is 0 Å². The molecule has 1 aromatic heterocycles. The van der Waals surface area contributed by atoms with E-state index in [0.29, 0.717) is 19.3 Å². The van der Waals surface area contributed by atoms with Gasteiger partial charge in [-0.15, -0.1) is 0 Å². The lowest BCUT2D eigenvalue weighted by atomic mass is 10.1. The summed E-state index contributed by atoms with van der Waals surface area (Å²) < 4.78 is 38.6. The van der Waals surface area contributed by atoms with Gasteiger partial charge in [-0.05, 0) is 6.07 Å². The molecule has 114 valence electrons. The Kier molecular flexibility index (Phi) is 4.15. The number of hydrogen-bond acceptors (Lipinski definition) is 3. The van der Waals surface area contributed by atoms with Crippen LogP contribution in [0.25, 0.3) is 0 Å². The van der Waals surface area contributed by atoms with E-state index < -0.39 is 23.2 Å². The molecule has 0 atom stereocenters. The Morgan fingerprint density at radius 3 is 2.24 bits per heavy atom. The fraction of sp³-hybridized carbons (Fsp3) is 0.462. The van der Waals surface area contributed by atoms with E-state index in [1.807, 2.05) is 0 Å². The maximum Gasteiger partial charge on any atom is 0.418 e. The minimum atomic E-state index is -4.62. The molecule has 5 nitrogen and oxygen atoms in total. The average Bonchev–Trinajstić information content (AvgIpc) is 2.45. The molecule has 1 aliphatic heterocycles. The molecule has 0 aliphatic carbocycles. The van der Waals surface area contributed by atoms with E-state index in [1.165, 1.54) is 11.8 Å². The Hall–Kier alpha value is -2.12. The van der Waals surface area contributed by atoms with Crippen molar-refractivity contribution in [2.45, 2.75) is 13.1 Å². The average molecular weight is 301 g/mol. The van der Waals surface area contributed by atoms with Gasteiger partial charge in [0.05, 0.1) is 11.1 Å². The van der Waals surface area contributed by atoms with Crippen LogP contribution in [0, 0.1) is 0 Å². The van der Waals surface area contributed by atoms with Crippen molar-refractivity contribution in [3.8, 4) is 0 Å². The number of carbonyl (C=O) groups excluding carboxylic acids is 2. The second-order valence-electron chi connectivity index (χ2n) is 4.72. The molecule has 1 saturated heterocycles. The van der Waals surface area contributed by atoms with Crippen LogP contribution in [0.5, 0.6) is 0 Å². The molecule has 0 spiro atoms. The first kappa shape index (κ1) is 15.3. The van der Waals surface area contributed by atoms with E-state index in [2.05, 4.69) is 4.98 Å². The van der Waals surface area contributed by atoms with Crippen molar-refractivity contribution in [3.63, 3.8) is 0 Å². The number of alkyl halides is 3. The lowest BCUT2D eigenvalue weighted by molar-refractivity contribution is -0.138. The quantitative estimate of drug-likeness (QED) is 0.788. The monoisotopic (exact) mass is 301 g/mol. The van der Waals surface area contributed by atoms with Gasteiger partial charge in [0.15, 0.2) is 0 Å². The summed E-state index contributed by atoms with van der Waals surface area (Å²) >= 11 is 0. The summed E-state index contributed by atoms with van der Waals surface area (Å²) in [6.45, 7) is 2.51. The largest absolute Gasteiger partial charge is 0.418 e. The van der Waals surface area contributed by atoms with Gasteiger partial charge in [0.2, 0.25) is 5.91 Å². The first-order valence-electron chi connectivity index (χ1n) is 6.36. The van der Waals surface area contributed by atoms with Gasteiger partial charge in [-0.25, -0.2) is 0 Å². The van der Waals surface area contributed by atoms with Crippen molar-refractivity contribution in [1.29, 1.82) is 0 Å². The molecule has 0 radical (unpaired) electrons. The summed E-state index contributed by atoms with van der Waals surface area (Å²) in [6, 6.07) is 1.07. The van der Waals surface area contributed by atoms with Crippen molar-refractivity contribution >= 4 is 11.8 Å². The molecular formula is C13H14F3N3O2. The molecule has 0 aromatic carbocycles. The summed E-state index contributed by atoms with van der Waals surface area (Å²) in [7, 11) is 0. The van der Waals surface area contributed by atoms with Crippen LogP contribution in [0.1, 0.15) is 22.8 Å². The molecule has 2 heterocycles. The molecule has 0 unspecified atom stereocenters. The summed E-state index contributed by atoms with van der Waals surface area (Å²) in [5.41, 5.74) is -1.45. The predicted octanol–water partition coefficient (Wildman–Crippen LogP) is 1.40. The number of rotatable bonds is 1. The normalized spacial score (nSPS) is 16.0. The first-order valence-corrected chi connectivity index (χ1v) is 6.36. The number of carbonyl (C=O) groups is 2. The number of pyridine rings is 1. The minimum absolute atomic E-state index is 0.109. The summed E-state index contributed by atoms with van der Waals surface area (Å²) in [6.07, 6.45) is -2.81. The highest BCUT2D eigenvalue weighted by molar-refractivity contribution is 5.96. The lowest BCUT2D eigenvalue weighted by Crippen LogP contribution is -2.50. The van der Waals surface area contributed by atoms with Gasteiger partial charge in [-0.3, -0.25) is 14.6 Å². The van der Waals surface area contributed by atoms with Gasteiger partial charge in [0.25, 0.3) is 5.91 Å². The van der Waals surface area contributed by atoms with E-state index in [-0.39, 0.29) is 19.0 Å². The van der Waals surface area contributed by atoms with E-state index in [9.17, 15) is 22.8 Å². The van der Waals surface area contributed by atoms with E-state index in [4.69, 9.17) is 0 Å². The number of nitrogens with zero attached hydrogens (tertiary/aromatic N) is 3. The van der Waals surface area contributed by atoms with Crippen LogP contribution >= 0.6 is 0 Å². The maximum absolute atomic E-state index is 12.9. The van der Waals surface area contributed by atoms with Crippen LogP contribution in [0.15, 0.2) is 18.5 Å². The van der Waals surface area contributed by atoms with Crippen LogP contribution in [0.4, 0.5) is 13.2 Å². The van der Waals surface area contributed by atoms with E-state index in [0.717, 1.165) is 12.3 Å². The van der Waals surface area contributed by atoms with Crippen LogP contribution in [0.3, 0.4) is 0 Å². The zero-order chi connectivity index (χ0) is 15.6. The summed E-state index contributed by atoms with van der Waals surface area (Å²) in [5, 5.41) is 0. The fourth-order valence-electron chi connectivity index (χ4n) is 2.20. The third-order valence-corrected chi connectivity index (χ3v) is 3.37.